The Bertz CT molecular complexity index is 409. The van der Waals surface area contributed by atoms with Gasteiger partial charge >= 0.3 is 11.9 Å². The molecule has 0 aliphatic heterocycles. The Kier molecular flexibility index (Phi) is 4.05. The molecule has 0 amide bonds. The monoisotopic (exact) mass is 222 g/mol. The van der Waals surface area contributed by atoms with Crippen LogP contribution in [0.1, 0.15) is 39.6 Å². The van der Waals surface area contributed by atoms with Crippen LogP contribution in [0.25, 0.3) is 0 Å². The van der Waals surface area contributed by atoms with Crippen LogP contribution >= 0.6 is 0 Å². The minimum atomic E-state index is -1.04. The number of hydrogen-bond donors (Lipinski definition) is 1. The smallest absolute Gasteiger partial charge is 0.338 e. The highest BCUT2D eigenvalue weighted by Crippen LogP contribution is 2.15. The zero-order chi connectivity index (χ0) is 12.1. The number of carbonyl (C=O) groups excluding carboxylic acids is 1. The Labute approximate surface area is 93.9 Å². The second-order valence-electron chi connectivity index (χ2n) is 3.42. The number of carbonyl (C=O) groups is 2. The number of hydrogen-bond acceptors (Lipinski definition) is 3. The third kappa shape index (κ3) is 2.59. The van der Waals surface area contributed by atoms with E-state index in [9.17, 15) is 9.59 Å². The fourth-order valence-electron chi connectivity index (χ4n) is 1.36. The number of esters is 1. The molecule has 0 heterocycles. The number of carboxylic acid groups (broad SMARTS) is 1. The Hall–Kier alpha value is -1.84. The van der Waals surface area contributed by atoms with E-state index in [1.165, 1.54) is 6.07 Å². The average Bonchev–Trinajstić information content (AvgIpc) is 2.25. The van der Waals surface area contributed by atoms with E-state index in [-0.39, 0.29) is 5.56 Å². The minimum absolute atomic E-state index is 0.131. The topological polar surface area (TPSA) is 63.6 Å². The predicted octanol–water partition coefficient (Wildman–Crippen LogP) is 2.26. The molecule has 0 spiro atoms. The summed E-state index contributed by atoms with van der Waals surface area (Å²) in [5, 5.41) is 8.90. The van der Waals surface area contributed by atoms with Crippen molar-refractivity contribution in [2.24, 2.45) is 0 Å². The van der Waals surface area contributed by atoms with E-state index in [4.69, 9.17) is 9.84 Å². The molecule has 0 aliphatic carbocycles. The maximum atomic E-state index is 11.6. The van der Waals surface area contributed by atoms with Crippen molar-refractivity contribution in [2.75, 3.05) is 6.61 Å². The largest absolute Gasteiger partial charge is 0.478 e. The van der Waals surface area contributed by atoms with E-state index in [1.54, 1.807) is 19.1 Å². The number of benzene rings is 1. The van der Waals surface area contributed by atoms with Crippen molar-refractivity contribution in [1.29, 1.82) is 0 Å². The zero-order valence-electron chi connectivity index (χ0n) is 9.32. The van der Waals surface area contributed by atoms with Gasteiger partial charge in [0, 0.05) is 0 Å². The molecule has 0 unspecified atom stereocenters. The van der Waals surface area contributed by atoms with Gasteiger partial charge in [-0.15, -0.1) is 0 Å². The molecule has 1 rings (SSSR count). The molecule has 0 fully saturated rings. The Morgan fingerprint density at radius 2 is 1.94 bits per heavy atom. The van der Waals surface area contributed by atoms with Crippen molar-refractivity contribution in [1.82, 2.24) is 0 Å². The third-order valence-corrected chi connectivity index (χ3v) is 2.22. The van der Waals surface area contributed by atoms with Gasteiger partial charge in [0.25, 0.3) is 0 Å². The van der Waals surface area contributed by atoms with Gasteiger partial charge < -0.3 is 9.84 Å². The second kappa shape index (κ2) is 5.30. The average molecular weight is 222 g/mol. The first kappa shape index (κ1) is 12.2. The summed E-state index contributed by atoms with van der Waals surface area (Å²) in [5.41, 5.74) is 0.885. The van der Waals surface area contributed by atoms with E-state index in [0.717, 1.165) is 6.42 Å². The molecule has 1 aromatic carbocycles. The third-order valence-electron chi connectivity index (χ3n) is 2.22. The van der Waals surface area contributed by atoms with E-state index in [2.05, 4.69) is 0 Å². The van der Waals surface area contributed by atoms with Gasteiger partial charge in [0.2, 0.25) is 0 Å². The molecule has 1 N–H and O–H groups in total. The lowest BCUT2D eigenvalue weighted by atomic mass is 10.0. The number of rotatable bonds is 4. The molecule has 4 heteroatoms. The lowest BCUT2D eigenvalue weighted by molar-refractivity contribution is 0.0504. The summed E-state index contributed by atoms with van der Waals surface area (Å²) in [5.74, 6) is -1.51. The van der Waals surface area contributed by atoms with Gasteiger partial charge in [-0.1, -0.05) is 13.0 Å². The molecule has 0 atom stereocenters. The first-order chi connectivity index (χ1) is 7.57. The summed E-state index contributed by atoms with van der Waals surface area (Å²) in [6.07, 6.45) is 0.739. The summed E-state index contributed by atoms with van der Waals surface area (Å²) in [7, 11) is 0. The van der Waals surface area contributed by atoms with Crippen molar-refractivity contribution in [3.8, 4) is 0 Å². The van der Waals surface area contributed by atoms with Gasteiger partial charge in [0.05, 0.1) is 17.7 Å². The van der Waals surface area contributed by atoms with E-state index in [0.29, 0.717) is 17.7 Å². The summed E-state index contributed by atoms with van der Waals surface area (Å²) in [6.45, 7) is 3.84. The summed E-state index contributed by atoms with van der Waals surface area (Å²) in [4.78, 5) is 22.4. The van der Waals surface area contributed by atoms with Crippen LogP contribution < -0.4 is 0 Å². The Balaban J connectivity index is 3.01. The normalized spacial score (nSPS) is 9.88. The van der Waals surface area contributed by atoms with Crippen LogP contribution in [-0.4, -0.2) is 23.7 Å². The van der Waals surface area contributed by atoms with Crippen LogP contribution in [0.5, 0.6) is 0 Å². The quantitative estimate of drug-likeness (QED) is 0.793. The summed E-state index contributed by atoms with van der Waals surface area (Å²) in [6, 6.07) is 4.58. The highest BCUT2D eigenvalue weighted by atomic mass is 16.5. The van der Waals surface area contributed by atoms with Crippen LogP contribution in [0.15, 0.2) is 18.2 Å². The van der Waals surface area contributed by atoms with Crippen molar-refractivity contribution in [3.63, 3.8) is 0 Å². The highest BCUT2D eigenvalue weighted by Gasteiger charge is 2.15. The zero-order valence-corrected chi connectivity index (χ0v) is 9.32. The number of aromatic carboxylic acids is 1. The summed E-state index contributed by atoms with van der Waals surface area (Å²) < 4.78 is 4.96. The SMILES string of the molecule is CCCOC(=O)c1cccc(C(=O)O)c1C. The van der Waals surface area contributed by atoms with Gasteiger partial charge in [-0.25, -0.2) is 9.59 Å². The van der Waals surface area contributed by atoms with Crippen LogP contribution in [0.2, 0.25) is 0 Å². The molecule has 0 radical (unpaired) electrons. The van der Waals surface area contributed by atoms with Gasteiger partial charge in [0.15, 0.2) is 0 Å². The van der Waals surface area contributed by atoms with Crippen LogP contribution in [0.3, 0.4) is 0 Å². The van der Waals surface area contributed by atoms with Crippen molar-refractivity contribution in [3.05, 3.63) is 34.9 Å². The first-order valence-electron chi connectivity index (χ1n) is 5.08. The van der Waals surface area contributed by atoms with E-state index >= 15 is 0 Å². The van der Waals surface area contributed by atoms with Gasteiger partial charge in [-0.05, 0) is 31.0 Å². The van der Waals surface area contributed by atoms with Crippen LogP contribution in [-0.2, 0) is 4.74 Å². The molecule has 1 aromatic rings. The van der Waals surface area contributed by atoms with Gasteiger partial charge in [-0.3, -0.25) is 0 Å². The number of ether oxygens (including phenoxy) is 1. The lowest BCUT2D eigenvalue weighted by Crippen LogP contribution is -2.10. The lowest BCUT2D eigenvalue weighted by Gasteiger charge is -2.08. The predicted molar refractivity (Wildman–Crippen MR) is 58.7 cm³/mol. The van der Waals surface area contributed by atoms with Crippen LogP contribution in [0.4, 0.5) is 0 Å². The molecule has 0 saturated heterocycles. The maximum absolute atomic E-state index is 11.6. The standard InChI is InChI=1S/C12H14O4/c1-3-7-16-12(15)10-6-4-5-9(8(10)2)11(13)14/h4-6H,3,7H2,1-2H3,(H,13,14). The molecule has 0 bridgehead atoms. The van der Waals surface area contributed by atoms with Gasteiger partial charge in [-0.2, -0.15) is 0 Å². The molecule has 16 heavy (non-hydrogen) atoms. The van der Waals surface area contributed by atoms with Crippen LogP contribution in [0, 0.1) is 6.92 Å². The van der Waals surface area contributed by atoms with Crippen molar-refractivity contribution in [2.45, 2.75) is 20.3 Å². The first-order valence-corrected chi connectivity index (χ1v) is 5.08. The molecule has 0 aliphatic rings. The fraction of sp³-hybridized carbons (Fsp3) is 0.333. The number of carboxylic acids is 1. The molecule has 4 nitrogen and oxygen atoms in total. The Morgan fingerprint density at radius 3 is 2.50 bits per heavy atom. The van der Waals surface area contributed by atoms with Crippen molar-refractivity contribution >= 4 is 11.9 Å². The van der Waals surface area contributed by atoms with Crippen molar-refractivity contribution < 1.29 is 19.4 Å². The molecule has 0 aromatic heterocycles. The molecule has 0 saturated carbocycles. The molecular weight excluding hydrogens is 208 g/mol. The summed E-state index contributed by atoms with van der Waals surface area (Å²) >= 11 is 0. The van der Waals surface area contributed by atoms with E-state index < -0.39 is 11.9 Å². The van der Waals surface area contributed by atoms with E-state index in [1.807, 2.05) is 6.92 Å². The fourth-order valence-corrected chi connectivity index (χ4v) is 1.36. The molecular formula is C12H14O4. The minimum Gasteiger partial charge on any atom is -0.478 e. The second-order valence-corrected chi connectivity index (χ2v) is 3.42. The molecule has 86 valence electrons. The highest BCUT2D eigenvalue weighted by molar-refractivity contribution is 5.97. The van der Waals surface area contributed by atoms with Gasteiger partial charge in [0.1, 0.15) is 0 Å². The maximum Gasteiger partial charge on any atom is 0.338 e. The Morgan fingerprint density at radius 1 is 1.31 bits per heavy atom.